The second-order valence-electron chi connectivity index (χ2n) is 5.92. The second kappa shape index (κ2) is 8.70. The summed E-state index contributed by atoms with van der Waals surface area (Å²) in [5.41, 5.74) is 4.10. The highest BCUT2D eigenvalue weighted by molar-refractivity contribution is 6.05. The van der Waals surface area contributed by atoms with E-state index in [4.69, 9.17) is 0 Å². The van der Waals surface area contributed by atoms with Crippen LogP contribution in [0.2, 0.25) is 0 Å². The number of nitrogens with zero attached hydrogens (tertiary/aromatic N) is 2. The highest BCUT2D eigenvalue weighted by atomic mass is 16.6. The number of rotatable bonds is 6. The van der Waals surface area contributed by atoms with Crippen molar-refractivity contribution in [1.29, 1.82) is 0 Å². The Bertz CT molecular complexity index is 987. The maximum absolute atomic E-state index is 12.4. The van der Waals surface area contributed by atoms with Crippen LogP contribution in [0.1, 0.15) is 27.6 Å². The minimum absolute atomic E-state index is 0.107. The lowest BCUT2D eigenvalue weighted by Crippen LogP contribution is -2.23. The second-order valence-corrected chi connectivity index (χ2v) is 5.92. The minimum Gasteiger partial charge on any atom is -0.382 e. The Morgan fingerprint density at radius 2 is 1.46 bits per heavy atom. The van der Waals surface area contributed by atoms with Crippen LogP contribution in [0.4, 0.5) is 5.69 Å². The molecule has 3 aromatic rings. The van der Waals surface area contributed by atoms with E-state index in [1.807, 2.05) is 12.1 Å². The average molecular weight is 375 g/mol. The smallest absolute Gasteiger partial charge is 0.271 e. The fourth-order valence-corrected chi connectivity index (χ4v) is 2.60. The number of benzene rings is 3. The molecule has 3 rings (SSSR count). The summed E-state index contributed by atoms with van der Waals surface area (Å²) in [6, 6.07) is 23.2. The Labute approximate surface area is 161 Å². The molecule has 0 aliphatic carbocycles. The van der Waals surface area contributed by atoms with Crippen LogP contribution in [-0.2, 0) is 0 Å². The number of aliphatic hydroxyl groups excluding tert-OH is 1. The molecular weight excluding hydrogens is 358 g/mol. The molecule has 0 aliphatic rings. The van der Waals surface area contributed by atoms with E-state index in [2.05, 4.69) is 10.5 Å². The third-order valence-electron chi connectivity index (χ3n) is 4.06. The predicted molar refractivity (Wildman–Crippen MR) is 105 cm³/mol. The first kappa shape index (κ1) is 18.9. The fourth-order valence-electron chi connectivity index (χ4n) is 2.60. The molecule has 0 fully saturated rings. The maximum Gasteiger partial charge on any atom is 0.271 e. The zero-order valence-corrected chi connectivity index (χ0v) is 14.7. The van der Waals surface area contributed by atoms with Gasteiger partial charge >= 0.3 is 0 Å². The summed E-state index contributed by atoms with van der Waals surface area (Å²) in [7, 11) is 0. The molecule has 7 heteroatoms. The molecule has 1 atom stereocenters. The molecule has 0 aromatic heterocycles. The summed E-state index contributed by atoms with van der Waals surface area (Å²) in [5.74, 6) is -0.538. The molecule has 0 saturated carbocycles. The summed E-state index contributed by atoms with van der Waals surface area (Å²) in [6.07, 6.45) is -1.04. The Kier molecular flexibility index (Phi) is 5.88. The minimum atomic E-state index is -1.04. The molecule has 0 heterocycles. The SMILES string of the molecule is O=C(NN=C(c1ccccc1)[C@@H](O)c1ccccc1)c1ccc([N+](=O)[O-])cc1. The van der Waals surface area contributed by atoms with Crippen molar-refractivity contribution >= 4 is 17.3 Å². The molecule has 2 N–H and O–H groups in total. The van der Waals surface area contributed by atoms with Crippen LogP contribution >= 0.6 is 0 Å². The van der Waals surface area contributed by atoms with Crippen LogP contribution in [0.15, 0.2) is 90.0 Å². The fraction of sp³-hybridized carbons (Fsp3) is 0.0476. The van der Waals surface area contributed by atoms with Crippen LogP contribution in [0.3, 0.4) is 0 Å². The van der Waals surface area contributed by atoms with Crippen molar-refractivity contribution in [1.82, 2.24) is 5.43 Å². The molecule has 0 unspecified atom stereocenters. The number of nitro groups is 1. The largest absolute Gasteiger partial charge is 0.382 e. The number of nitro benzene ring substituents is 1. The Hall–Kier alpha value is -3.84. The predicted octanol–water partition coefficient (Wildman–Crippen LogP) is 3.46. The normalized spacial score (nSPS) is 12.2. The number of amides is 1. The van der Waals surface area contributed by atoms with Gasteiger partial charge in [-0.3, -0.25) is 14.9 Å². The lowest BCUT2D eigenvalue weighted by atomic mass is 9.99. The number of aliphatic hydroxyl groups is 1. The molecule has 0 bridgehead atoms. The first-order valence-corrected chi connectivity index (χ1v) is 8.47. The molecule has 7 nitrogen and oxygen atoms in total. The van der Waals surface area contributed by atoms with Gasteiger partial charge in [0.2, 0.25) is 0 Å². The van der Waals surface area contributed by atoms with Crippen LogP contribution in [0, 0.1) is 10.1 Å². The summed E-state index contributed by atoms with van der Waals surface area (Å²) in [6.45, 7) is 0. The van der Waals surface area contributed by atoms with Gasteiger partial charge in [-0.15, -0.1) is 0 Å². The lowest BCUT2D eigenvalue weighted by Gasteiger charge is -2.15. The first-order valence-electron chi connectivity index (χ1n) is 8.47. The van der Waals surface area contributed by atoms with Crippen molar-refractivity contribution in [2.24, 2.45) is 5.10 Å². The van der Waals surface area contributed by atoms with E-state index >= 15 is 0 Å². The molecule has 140 valence electrons. The third kappa shape index (κ3) is 4.46. The van der Waals surface area contributed by atoms with Gasteiger partial charge in [-0.05, 0) is 17.7 Å². The van der Waals surface area contributed by atoms with E-state index in [0.717, 1.165) is 0 Å². The van der Waals surface area contributed by atoms with E-state index in [9.17, 15) is 20.0 Å². The monoisotopic (exact) mass is 375 g/mol. The van der Waals surface area contributed by atoms with Gasteiger partial charge in [0, 0.05) is 23.3 Å². The van der Waals surface area contributed by atoms with Crippen molar-refractivity contribution in [3.63, 3.8) is 0 Å². The van der Waals surface area contributed by atoms with Gasteiger partial charge in [0.15, 0.2) is 0 Å². The van der Waals surface area contributed by atoms with E-state index in [-0.39, 0.29) is 17.0 Å². The topological polar surface area (TPSA) is 105 Å². The summed E-state index contributed by atoms with van der Waals surface area (Å²) in [4.78, 5) is 22.5. The van der Waals surface area contributed by atoms with Crippen molar-refractivity contribution in [3.05, 3.63) is 112 Å². The number of hydrazone groups is 1. The average Bonchev–Trinajstić information content (AvgIpc) is 2.75. The Morgan fingerprint density at radius 3 is 2.04 bits per heavy atom. The number of nitrogens with one attached hydrogen (secondary N) is 1. The van der Waals surface area contributed by atoms with Crippen molar-refractivity contribution in [2.45, 2.75) is 6.10 Å². The summed E-state index contributed by atoms with van der Waals surface area (Å²) in [5, 5.41) is 25.6. The molecule has 3 aromatic carbocycles. The van der Waals surface area contributed by atoms with Crippen LogP contribution in [0.25, 0.3) is 0 Å². The van der Waals surface area contributed by atoms with Gasteiger partial charge in [0.05, 0.1) is 4.92 Å². The Morgan fingerprint density at radius 1 is 0.893 bits per heavy atom. The van der Waals surface area contributed by atoms with Crippen LogP contribution in [0.5, 0.6) is 0 Å². The van der Waals surface area contributed by atoms with Gasteiger partial charge in [-0.25, -0.2) is 5.43 Å². The molecule has 0 radical (unpaired) electrons. The van der Waals surface area contributed by atoms with Gasteiger partial charge in [0.25, 0.3) is 11.6 Å². The number of non-ortho nitro benzene ring substituents is 1. The lowest BCUT2D eigenvalue weighted by molar-refractivity contribution is -0.384. The number of hydrogen-bond acceptors (Lipinski definition) is 5. The van der Waals surface area contributed by atoms with Crippen molar-refractivity contribution in [3.8, 4) is 0 Å². The quantitative estimate of drug-likeness (QED) is 0.391. The molecule has 0 spiro atoms. The first-order chi connectivity index (χ1) is 13.6. The highest BCUT2D eigenvalue weighted by Gasteiger charge is 2.18. The maximum atomic E-state index is 12.4. The van der Waals surface area contributed by atoms with Crippen molar-refractivity contribution < 1.29 is 14.8 Å². The van der Waals surface area contributed by atoms with E-state index in [1.165, 1.54) is 24.3 Å². The molecule has 1 amide bonds. The summed E-state index contributed by atoms with van der Waals surface area (Å²) < 4.78 is 0. The Balaban J connectivity index is 1.86. The van der Waals surface area contributed by atoms with E-state index in [1.54, 1.807) is 48.5 Å². The standard InChI is InChI=1S/C21H17N3O4/c25-20(16-9-5-2-6-10-16)19(15-7-3-1-4-8-15)22-23-21(26)17-11-13-18(14-12-17)24(27)28/h1-14,20,25H,(H,23,26)/t20-/m0/s1. The van der Waals surface area contributed by atoms with Gasteiger partial charge < -0.3 is 5.11 Å². The third-order valence-corrected chi connectivity index (χ3v) is 4.06. The zero-order chi connectivity index (χ0) is 19.9. The molecule has 28 heavy (non-hydrogen) atoms. The molecular formula is C21H17N3O4. The van der Waals surface area contributed by atoms with Gasteiger partial charge in [0.1, 0.15) is 11.8 Å². The molecule has 0 aliphatic heterocycles. The highest BCUT2D eigenvalue weighted by Crippen LogP contribution is 2.19. The van der Waals surface area contributed by atoms with Crippen LogP contribution < -0.4 is 5.43 Å². The zero-order valence-electron chi connectivity index (χ0n) is 14.7. The van der Waals surface area contributed by atoms with Gasteiger partial charge in [-0.2, -0.15) is 5.10 Å². The number of carbonyl (C=O) groups excluding carboxylic acids is 1. The van der Waals surface area contributed by atoms with E-state index < -0.39 is 16.9 Å². The summed E-state index contributed by atoms with van der Waals surface area (Å²) >= 11 is 0. The molecule has 0 saturated heterocycles. The number of hydrogen-bond donors (Lipinski definition) is 2. The number of carbonyl (C=O) groups is 1. The van der Waals surface area contributed by atoms with Crippen LogP contribution in [-0.4, -0.2) is 21.6 Å². The van der Waals surface area contributed by atoms with Crippen molar-refractivity contribution in [2.75, 3.05) is 0 Å². The van der Waals surface area contributed by atoms with E-state index in [0.29, 0.717) is 11.1 Å². The van der Waals surface area contributed by atoms with Gasteiger partial charge in [-0.1, -0.05) is 60.7 Å².